The van der Waals surface area contributed by atoms with Crippen molar-refractivity contribution in [3.05, 3.63) is 34.4 Å². The summed E-state index contributed by atoms with van der Waals surface area (Å²) in [7, 11) is 0. The Balaban J connectivity index is 2.51. The van der Waals surface area contributed by atoms with Crippen molar-refractivity contribution in [3.63, 3.8) is 0 Å². The zero-order valence-electron chi connectivity index (χ0n) is 18.3. The summed E-state index contributed by atoms with van der Waals surface area (Å²) in [6, 6.07) is 4.18. The average molecular weight is 468 g/mol. The maximum Gasteiger partial charge on any atom is 0.311 e. The van der Waals surface area contributed by atoms with Gasteiger partial charge in [-0.25, -0.2) is 0 Å². The maximum atomic E-state index is 11.9. The number of benzene rings is 1. The van der Waals surface area contributed by atoms with Crippen LogP contribution >= 0.6 is 0 Å². The fraction of sp³-hybridized carbons (Fsp3) is 0.500. The highest BCUT2D eigenvalue weighted by atomic mass is 16.7. The monoisotopic (exact) mass is 468 g/mol. The Morgan fingerprint density at radius 3 is 2.15 bits per heavy atom. The number of rotatable bonds is 8. The number of nitrogens with one attached hydrogen (secondary N) is 1. The molecule has 0 spiro atoms. The Labute approximate surface area is 188 Å². The number of carbonyl (C=O) groups is 4. The van der Waals surface area contributed by atoms with Gasteiger partial charge in [-0.05, 0) is 6.07 Å². The lowest BCUT2D eigenvalue weighted by Crippen LogP contribution is -2.67. The van der Waals surface area contributed by atoms with Crippen LogP contribution in [0.25, 0.3) is 0 Å². The molecule has 1 aromatic rings. The van der Waals surface area contributed by atoms with Crippen LogP contribution in [-0.2, 0) is 38.1 Å². The van der Waals surface area contributed by atoms with E-state index in [1.54, 1.807) is 0 Å². The Kier molecular flexibility index (Phi) is 8.68. The maximum absolute atomic E-state index is 11.9. The first-order valence-electron chi connectivity index (χ1n) is 9.80. The molecule has 1 N–H and O–H groups in total. The van der Waals surface area contributed by atoms with E-state index in [2.05, 4.69) is 5.32 Å². The molecule has 0 radical (unpaired) electrons. The van der Waals surface area contributed by atoms with E-state index in [9.17, 15) is 29.3 Å². The fourth-order valence-corrected chi connectivity index (χ4v) is 3.22. The second kappa shape index (κ2) is 11.2. The van der Waals surface area contributed by atoms with E-state index in [1.165, 1.54) is 31.2 Å². The van der Waals surface area contributed by atoms with Gasteiger partial charge in [-0.3, -0.25) is 29.3 Å². The molecular weight excluding hydrogens is 444 g/mol. The molecule has 1 aliphatic heterocycles. The average Bonchev–Trinajstić information content (AvgIpc) is 2.70. The highest BCUT2D eigenvalue weighted by molar-refractivity contribution is 5.73. The summed E-state index contributed by atoms with van der Waals surface area (Å²) in [5.41, 5.74) is -0.384. The van der Waals surface area contributed by atoms with Gasteiger partial charge in [0.15, 0.2) is 18.0 Å². The highest BCUT2D eigenvalue weighted by Crippen LogP contribution is 2.32. The lowest BCUT2D eigenvalue weighted by Gasteiger charge is -2.44. The quantitative estimate of drug-likeness (QED) is 0.246. The van der Waals surface area contributed by atoms with Crippen LogP contribution in [0.4, 0.5) is 5.69 Å². The SMILES string of the molecule is CC(=O)N[C@@H]1[C@@H](Oc2ccccc2[N+](=O)[O-])O[C@@H](COC(C)=O)[C@@H](OC(C)=O)[C@H]1OC(C)=O. The van der Waals surface area contributed by atoms with Crippen LogP contribution < -0.4 is 10.1 Å². The molecule has 0 bridgehead atoms. The van der Waals surface area contributed by atoms with Crippen molar-refractivity contribution in [2.75, 3.05) is 6.61 Å². The van der Waals surface area contributed by atoms with E-state index in [0.29, 0.717) is 0 Å². The Morgan fingerprint density at radius 1 is 1.00 bits per heavy atom. The summed E-state index contributed by atoms with van der Waals surface area (Å²) < 4.78 is 27.1. The smallest absolute Gasteiger partial charge is 0.311 e. The van der Waals surface area contributed by atoms with Crippen molar-refractivity contribution in [1.29, 1.82) is 0 Å². The molecule has 5 atom stereocenters. The highest BCUT2D eigenvalue weighted by Gasteiger charge is 2.52. The third-order valence-electron chi connectivity index (χ3n) is 4.38. The molecule has 0 unspecified atom stereocenters. The molecule has 1 saturated heterocycles. The van der Waals surface area contributed by atoms with Crippen LogP contribution in [0, 0.1) is 10.1 Å². The molecule has 180 valence electrons. The molecule has 0 aliphatic carbocycles. The largest absolute Gasteiger partial charge is 0.463 e. The van der Waals surface area contributed by atoms with Gasteiger partial charge in [0, 0.05) is 33.8 Å². The standard InChI is InChI=1S/C20H24N2O11/c1-10(23)21-17-19(31-13(4)26)18(30-12(3)25)16(9-29-11(2)24)33-20(17)32-15-8-6-5-7-14(15)22(27)28/h5-8,16-20H,9H2,1-4H3,(H,21,23)/t16-,17-,18+,19-,20-/m0/s1. The summed E-state index contributed by atoms with van der Waals surface area (Å²) >= 11 is 0. The molecule has 1 aliphatic rings. The van der Waals surface area contributed by atoms with Crippen LogP contribution in [0.15, 0.2) is 24.3 Å². The number of amides is 1. The third kappa shape index (κ3) is 7.14. The minimum Gasteiger partial charge on any atom is -0.463 e. The fourth-order valence-electron chi connectivity index (χ4n) is 3.22. The summed E-state index contributed by atoms with van der Waals surface area (Å²) in [6.07, 6.45) is -5.28. The van der Waals surface area contributed by atoms with E-state index in [1.807, 2.05) is 0 Å². The molecule has 33 heavy (non-hydrogen) atoms. The van der Waals surface area contributed by atoms with E-state index in [0.717, 1.165) is 20.8 Å². The zero-order chi connectivity index (χ0) is 24.7. The summed E-state index contributed by atoms with van der Waals surface area (Å²) in [6.45, 7) is 4.11. The van der Waals surface area contributed by atoms with Gasteiger partial charge < -0.3 is 29.0 Å². The summed E-state index contributed by atoms with van der Waals surface area (Å²) in [5, 5.41) is 13.9. The van der Waals surface area contributed by atoms with Gasteiger partial charge in [0.1, 0.15) is 18.8 Å². The second-order valence-electron chi connectivity index (χ2n) is 7.06. The zero-order valence-corrected chi connectivity index (χ0v) is 18.3. The molecule has 0 saturated carbocycles. The molecular formula is C20H24N2O11. The number of nitro groups is 1. The van der Waals surface area contributed by atoms with Crippen molar-refractivity contribution in [2.24, 2.45) is 0 Å². The van der Waals surface area contributed by atoms with Crippen LogP contribution in [0.5, 0.6) is 5.75 Å². The lowest BCUT2D eigenvalue weighted by atomic mass is 9.96. The Hall–Kier alpha value is -3.74. The van der Waals surface area contributed by atoms with Crippen molar-refractivity contribution >= 4 is 29.5 Å². The number of ether oxygens (including phenoxy) is 5. The minimum atomic E-state index is -1.45. The van der Waals surface area contributed by atoms with E-state index >= 15 is 0 Å². The topological polar surface area (TPSA) is 170 Å². The molecule has 13 heteroatoms. The number of nitro benzene ring substituents is 1. The molecule has 1 aromatic carbocycles. The minimum absolute atomic E-state index is 0.193. The van der Waals surface area contributed by atoms with Crippen LogP contribution in [0.1, 0.15) is 27.7 Å². The normalized spacial score (nSPS) is 24.2. The number of para-hydroxylation sites is 2. The van der Waals surface area contributed by atoms with Crippen LogP contribution in [0.3, 0.4) is 0 Å². The van der Waals surface area contributed by atoms with Gasteiger partial charge in [-0.15, -0.1) is 0 Å². The number of hydrogen-bond donors (Lipinski definition) is 1. The second-order valence-corrected chi connectivity index (χ2v) is 7.06. The molecule has 1 heterocycles. The van der Waals surface area contributed by atoms with Gasteiger partial charge >= 0.3 is 23.6 Å². The summed E-state index contributed by atoms with van der Waals surface area (Å²) in [5.74, 6) is -2.96. The van der Waals surface area contributed by atoms with Gasteiger partial charge in [0.2, 0.25) is 12.2 Å². The number of esters is 3. The van der Waals surface area contributed by atoms with Gasteiger partial charge in [0.25, 0.3) is 0 Å². The third-order valence-corrected chi connectivity index (χ3v) is 4.38. The summed E-state index contributed by atoms with van der Waals surface area (Å²) in [4.78, 5) is 57.5. The molecule has 2 rings (SSSR count). The lowest BCUT2D eigenvalue weighted by molar-refractivity contribution is -0.386. The first-order chi connectivity index (χ1) is 15.5. The van der Waals surface area contributed by atoms with Crippen molar-refractivity contribution in [3.8, 4) is 5.75 Å². The first-order valence-corrected chi connectivity index (χ1v) is 9.80. The Bertz CT molecular complexity index is 919. The van der Waals surface area contributed by atoms with Gasteiger partial charge in [-0.1, -0.05) is 12.1 Å². The van der Waals surface area contributed by atoms with E-state index < -0.39 is 66.0 Å². The number of carbonyl (C=O) groups excluding carboxylic acids is 4. The molecule has 1 fully saturated rings. The molecule has 13 nitrogen and oxygen atoms in total. The van der Waals surface area contributed by atoms with E-state index in [-0.39, 0.29) is 11.4 Å². The van der Waals surface area contributed by atoms with Crippen molar-refractivity contribution < 1.29 is 47.8 Å². The molecule has 0 aromatic heterocycles. The number of nitrogens with zero attached hydrogens (tertiary/aromatic N) is 1. The predicted molar refractivity (Wildman–Crippen MR) is 108 cm³/mol. The van der Waals surface area contributed by atoms with Crippen LogP contribution in [0.2, 0.25) is 0 Å². The first kappa shape index (κ1) is 25.5. The number of hydrogen-bond acceptors (Lipinski definition) is 11. The van der Waals surface area contributed by atoms with Gasteiger partial charge in [0.05, 0.1) is 4.92 Å². The van der Waals surface area contributed by atoms with E-state index in [4.69, 9.17) is 23.7 Å². The molecule has 1 amide bonds. The van der Waals surface area contributed by atoms with Crippen molar-refractivity contribution in [2.45, 2.75) is 58.3 Å². The predicted octanol–water partition coefficient (Wildman–Crippen LogP) is 0.630. The Morgan fingerprint density at radius 2 is 1.61 bits per heavy atom. The van der Waals surface area contributed by atoms with Gasteiger partial charge in [-0.2, -0.15) is 0 Å². The van der Waals surface area contributed by atoms with Crippen LogP contribution in [-0.4, -0.2) is 66.0 Å². The van der Waals surface area contributed by atoms with Crippen molar-refractivity contribution in [1.82, 2.24) is 5.32 Å².